The van der Waals surface area contributed by atoms with Gasteiger partial charge in [0.15, 0.2) is 0 Å². The second-order valence-electron chi connectivity index (χ2n) is 2.89. The highest BCUT2D eigenvalue weighted by Crippen LogP contribution is 2.33. The molecule has 1 atom stereocenters. The first-order chi connectivity index (χ1) is 7.02. The van der Waals surface area contributed by atoms with Crippen LogP contribution in [-0.4, -0.2) is 18.8 Å². The van der Waals surface area contributed by atoms with Crippen LogP contribution in [0, 0.1) is 11.6 Å². The Kier molecular flexibility index (Phi) is 4.01. The highest BCUT2D eigenvalue weighted by Gasteiger charge is 2.21. The van der Waals surface area contributed by atoms with Gasteiger partial charge in [-0.15, -0.1) is 0 Å². The van der Waals surface area contributed by atoms with Crippen molar-refractivity contribution in [1.29, 1.82) is 0 Å². The van der Waals surface area contributed by atoms with Crippen molar-refractivity contribution in [2.45, 2.75) is 6.04 Å². The van der Waals surface area contributed by atoms with E-state index in [2.05, 4.69) is 15.9 Å². The van der Waals surface area contributed by atoms with Crippen LogP contribution in [0.2, 0.25) is 0 Å². The number of rotatable bonds is 3. The van der Waals surface area contributed by atoms with Crippen LogP contribution in [0.3, 0.4) is 0 Å². The minimum Gasteiger partial charge on any atom is -0.495 e. The normalized spacial score (nSPS) is 12.7. The summed E-state index contributed by atoms with van der Waals surface area (Å²) in [5, 5.41) is 8.75. The Morgan fingerprint density at radius 3 is 2.67 bits per heavy atom. The van der Waals surface area contributed by atoms with Gasteiger partial charge in [-0.25, -0.2) is 8.78 Å². The van der Waals surface area contributed by atoms with Crippen LogP contribution in [0.15, 0.2) is 10.5 Å². The van der Waals surface area contributed by atoms with E-state index in [9.17, 15) is 8.78 Å². The summed E-state index contributed by atoms with van der Waals surface area (Å²) >= 11 is 2.92. The van der Waals surface area contributed by atoms with Crippen LogP contribution in [0.4, 0.5) is 8.78 Å². The smallest absolute Gasteiger partial charge is 0.148 e. The first-order valence-electron chi connectivity index (χ1n) is 4.10. The molecule has 0 aliphatic rings. The fraction of sp³-hybridized carbons (Fsp3) is 0.333. The second-order valence-corrected chi connectivity index (χ2v) is 3.68. The van der Waals surface area contributed by atoms with Crippen molar-refractivity contribution in [1.82, 2.24) is 0 Å². The summed E-state index contributed by atoms with van der Waals surface area (Å²) in [4.78, 5) is 0. The molecule has 0 amide bonds. The van der Waals surface area contributed by atoms with Crippen LogP contribution >= 0.6 is 15.9 Å². The summed E-state index contributed by atoms with van der Waals surface area (Å²) in [6, 6.07) is -0.0786. The average Bonchev–Trinajstić information content (AvgIpc) is 2.23. The average molecular weight is 282 g/mol. The molecule has 0 aliphatic heterocycles. The topological polar surface area (TPSA) is 55.5 Å². The van der Waals surface area contributed by atoms with Gasteiger partial charge in [0.25, 0.3) is 0 Å². The lowest BCUT2D eigenvalue weighted by Crippen LogP contribution is -2.18. The lowest BCUT2D eigenvalue weighted by atomic mass is 10.1. The predicted octanol–water partition coefficient (Wildman–Crippen LogP) is 1.73. The molecule has 15 heavy (non-hydrogen) atoms. The first kappa shape index (κ1) is 12.4. The third kappa shape index (κ3) is 2.27. The zero-order valence-corrected chi connectivity index (χ0v) is 9.51. The summed E-state index contributed by atoms with van der Waals surface area (Å²) in [5.41, 5.74) is 5.01. The zero-order chi connectivity index (χ0) is 11.6. The maximum atomic E-state index is 13.6. The molecule has 0 radical (unpaired) electrons. The van der Waals surface area contributed by atoms with Gasteiger partial charge in [0.1, 0.15) is 17.4 Å². The van der Waals surface area contributed by atoms with Gasteiger partial charge in [-0.1, -0.05) is 0 Å². The van der Waals surface area contributed by atoms with Crippen molar-refractivity contribution in [3.8, 4) is 5.75 Å². The van der Waals surface area contributed by atoms with E-state index in [1.165, 1.54) is 7.11 Å². The molecule has 1 aromatic rings. The zero-order valence-electron chi connectivity index (χ0n) is 7.93. The van der Waals surface area contributed by atoms with Crippen molar-refractivity contribution in [3.63, 3.8) is 0 Å². The highest BCUT2D eigenvalue weighted by molar-refractivity contribution is 9.10. The van der Waals surface area contributed by atoms with Crippen molar-refractivity contribution >= 4 is 15.9 Å². The third-order valence-corrected chi connectivity index (χ3v) is 2.69. The van der Waals surface area contributed by atoms with Gasteiger partial charge in [0.2, 0.25) is 0 Å². The Balaban J connectivity index is 3.35. The van der Waals surface area contributed by atoms with Crippen LogP contribution < -0.4 is 10.5 Å². The number of hydrogen-bond donors (Lipinski definition) is 2. The molecule has 6 heteroatoms. The van der Waals surface area contributed by atoms with Gasteiger partial charge in [-0.3, -0.25) is 0 Å². The maximum absolute atomic E-state index is 13.6. The van der Waals surface area contributed by atoms with Crippen molar-refractivity contribution < 1.29 is 18.6 Å². The van der Waals surface area contributed by atoms with E-state index < -0.39 is 24.3 Å². The minimum absolute atomic E-state index is 0.00898. The van der Waals surface area contributed by atoms with Gasteiger partial charge in [0.05, 0.1) is 24.2 Å². The molecule has 3 nitrogen and oxygen atoms in total. The molecule has 84 valence electrons. The number of nitrogens with two attached hydrogens (primary N) is 1. The molecule has 0 saturated carbocycles. The van der Waals surface area contributed by atoms with E-state index >= 15 is 0 Å². The second kappa shape index (κ2) is 4.87. The predicted molar refractivity (Wildman–Crippen MR) is 54.6 cm³/mol. The molecule has 0 spiro atoms. The fourth-order valence-electron chi connectivity index (χ4n) is 1.17. The van der Waals surface area contributed by atoms with E-state index in [4.69, 9.17) is 15.6 Å². The minimum atomic E-state index is -1.09. The molecule has 0 heterocycles. The molecular weight excluding hydrogens is 272 g/mol. The van der Waals surface area contributed by atoms with Gasteiger partial charge in [-0.2, -0.15) is 0 Å². The molecule has 1 rings (SSSR count). The van der Waals surface area contributed by atoms with Crippen LogP contribution in [-0.2, 0) is 0 Å². The molecule has 0 bridgehead atoms. The Bertz CT molecular complexity index is 374. The van der Waals surface area contributed by atoms with E-state index in [-0.39, 0.29) is 15.8 Å². The van der Waals surface area contributed by atoms with Gasteiger partial charge >= 0.3 is 0 Å². The summed E-state index contributed by atoms with van der Waals surface area (Å²) in [6.07, 6.45) is 0. The van der Waals surface area contributed by atoms with Crippen LogP contribution in [0.25, 0.3) is 0 Å². The van der Waals surface area contributed by atoms with Crippen molar-refractivity contribution in [2.75, 3.05) is 13.7 Å². The van der Waals surface area contributed by atoms with Gasteiger partial charge < -0.3 is 15.6 Å². The van der Waals surface area contributed by atoms with E-state index in [0.29, 0.717) is 0 Å². The molecular formula is C9H10BrF2NO2. The highest BCUT2D eigenvalue weighted by atomic mass is 79.9. The van der Waals surface area contributed by atoms with Crippen molar-refractivity contribution in [2.24, 2.45) is 5.73 Å². The lowest BCUT2D eigenvalue weighted by Gasteiger charge is -2.14. The number of ether oxygens (including phenoxy) is 1. The van der Waals surface area contributed by atoms with E-state index in [1.807, 2.05) is 0 Å². The summed E-state index contributed by atoms with van der Waals surface area (Å²) in [7, 11) is 1.30. The number of aliphatic hydroxyl groups is 1. The van der Waals surface area contributed by atoms with E-state index in [0.717, 1.165) is 6.07 Å². The van der Waals surface area contributed by atoms with Gasteiger partial charge in [-0.05, 0) is 15.9 Å². The molecule has 0 aliphatic carbocycles. The molecule has 1 unspecified atom stereocenters. The quantitative estimate of drug-likeness (QED) is 0.830. The van der Waals surface area contributed by atoms with Crippen molar-refractivity contribution in [3.05, 3.63) is 27.7 Å². The largest absolute Gasteiger partial charge is 0.495 e. The number of hydrogen-bond acceptors (Lipinski definition) is 3. The molecule has 1 aromatic carbocycles. The Labute approximate surface area is 94.0 Å². The molecule has 0 fully saturated rings. The molecule has 0 saturated heterocycles. The van der Waals surface area contributed by atoms with Crippen LogP contribution in [0.1, 0.15) is 11.6 Å². The lowest BCUT2D eigenvalue weighted by molar-refractivity contribution is 0.261. The molecule has 0 aromatic heterocycles. The monoisotopic (exact) mass is 281 g/mol. The standard InChI is InChI=1S/C9H10BrF2NO2/c1-15-6-2-4(11)7(5(13)3-14)9(12)8(6)10/h2,5,14H,3,13H2,1H3. The number of methoxy groups -OCH3 is 1. The number of benzene rings is 1. The summed E-state index contributed by atoms with van der Waals surface area (Å²) < 4.78 is 31.7. The molecule has 3 N–H and O–H groups in total. The van der Waals surface area contributed by atoms with Gasteiger partial charge in [0, 0.05) is 11.6 Å². The first-order valence-corrected chi connectivity index (χ1v) is 4.90. The fourth-order valence-corrected chi connectivity index (χ4v) is 1.66. The Morgan fingerprint density at radius 1 is 1.60 bits per heavy atom. The maximum Gasteiger partial charge on any atom is 0.148 e. The Hall–Kier alpha value is -0.720. The summed E-state index contributed by atoms with van der Waals surface area (Å²) in [5.74, 6) is -1.65. The summed E-state index contributed by atoms with van der Waals surface area (Å²) in [6.45, 7) is -0.535. The van der Waals surface area contributed by atoms with E-state index in [1.54, 1.807) is 0 Å². The SMILES string of the molecule is COc1cc(F)c(C(N)CO)c(F)c1Br. The third-order valence-electron chi connectivity index (χ3n) is 1.95. The number of halogens is 3. The Morgan fingerprint density at radius 2 is 2.20 bits per heavy atom. The van der Waals surface area contributed by atoms with Crippen LogP contribution in [0.5, 0.6) is 5.75 Å². The number of aliphatic hydroxyl groups excluding tert-OH is 1.